The second kappa shape index (κ2) is 11.5. The minimum Gasteiger partial charge on any atom is -0.497 e. The van der Waals surface area contributed by atoms with Gasteiger partial charge in [0.2, 0.25) is 0 Å². The van der Waals surface area contributed by atoms with Crippen molar-refractivity contribution in [1.82, 2.24) is 19.3 Å². The summed E-state index contributed by atoms with van der Waals surface area (Å²) >= 11 is 0. The van der Waals surface area contributed by atoms with Gasteiger partial charge in [0.05, 0.1) is 29.5 Å². The molecule has 3 heterocycles. The molecule has 0 N–H and O–H groups in total. The van der Waals surface area contributed by atoms with Gasteiger partial charge in [0, 0.05) is 46.4 Å². The number of aryl methyl sites for hydroxylation is 1. The maximum Gasteiger partial charge on any atom is 0.141 e. The molecule has 0 amide bonds. The Balaban J connectivity index is 1.31. The smallest absolute Gasteiger partial charge is 0.141 e. The van der Waals surface area contributed by atoms with Crippen molar-refractivity contribution in [2.75, 3.05) is 7.11 Å². The maximum absolute atomic E-state index is 6.54. The number of nitrogens with zero attached hydrogens (tertiary/aromatic N) is 4. The van der Waals surface area contributed by atoms with E-state index in [0.29, 0.717) is 0 Å². The quantitative estimate of drug-likeness (QED) is 0.173. The minimum atomic E-state index is 0.0677. The number of benzene rings is 4. The fourth-order valence-electron chi connectivity index (χ4n) is 6.32. The molecule has 7 aromatic rings. The maximum atomic E-state index is 6.54. The molecule has 0 saturated heterocycles. The van der Waals surface area contributed by atoms with Gasteiger partial charge in [-0.15, -0.1) is 0 Å². The first-order chi connectivity index (χ1) is 22.3. The zero-order chi connectivity index (χ0) is 32.0. The number of aromatic nitrogens is 4. The van der Waals surface area contributed by atoms with Gasteiger partial charge >= 0.3 is 0 Å². The summed E-state index contributed by atoms with van der Waals surface area (Å²) in [5, 5.41) is 7.23. The number of hydrogen-bond donors (Lipinski definition) is 0. The highest BCUT2D eigenvalue weighted by Crippen LogP contribution is 2.38. The lowest BCUT2D eigenvalue weighted by Crippen LogP contribution is -2.15. The average Bonchev–Trinajstić information content (AvgIpc) is 3.57. The number of methoxy groups -OCH3 is 1. The summed E-state index contributed by atoms with van der Waals surface area (Å²) in [4.78, 5) is 4.75. The molecule has 6 nitrogen and oxygen atoms in total. The summed E-state index contributed by atoms with van der Waals surface area (Å²) in [6, 6.07) is 35.4. The standard InChI is InChI=1S/C40H38N4O2/c1-7-40(4,5)29-16-19-36-35(22-29)34-18-17-33(24-37(34)43(36)38-25-31(45-6)20-21-41-38)46-32-15-11-14-30(23-32)44-27(3)39(26(2)42-44)28-12-9-8-10-13-28/h8-25H,7H2,1-6H3. The van der Waals surface area contributed by atoms with Crippen molar-refractivity contribution < 1.29 is 9.47 Å². The van der Waals surface area contributed by atoms with E-state index in [2.05, 4.69) is 99.8 Å². The van der Waals surface area contributed by atoms with E-state index in [1.807, 2.05) is 47.1 Å². The summed E-state index contributed by atoms with van der Waals surface area (Å²) in [5.41, 5.74) is 8.83. The lowest BCUT2D eigenvalue weighted by Gasteiger charge is -2.23. The van der Waals surface area contributed by atoms with Gasteiger partial charge in [-0.2, -0.15) is 5.10 Å². The van der Waals surface area contributed by atoms with Crippen LogP contribution in [-0.4, -0.2) is 26.4 Å². The highest BCUT2D eigenvalue weighted by Gasteiger charge is 2.22. The largest absolute Gasteiger partial charge is 0.497 e. The molecule has 3 aromatic heterocycles. The Labute approximate surface area is 269 Å². The molecular weight excluding hydrogens is 568 g/mol. The van der Waals surface area contributed by atoms with Crippen molar-refractivity contribution >= 4 is 21.8 Å². The Bertz CT molecular complexity index is 2210. The van der Waals surface area contributed by atoms with Crippen molar-refractivity contribution in [1.29, 1.82) is 0 Å². The van der Waals surface area contributed by atoms with Gasteiger partial charge in [0.25, 0.3) is 0 Å². The Hall–Kier alpha value is -5.36. The molecule has 0 aliphatic carbocycles. The third-order valence-corrected chi connectivity index (χ3v) is 9.24. The van der Waals surface area contributed by atoms with E-state index in [4.69, 9.17) is 19.6 Å². The number of hydrogen-bond acceptors (Lipinski definition) is 4. The van der Waals surface area contributed by atoms with E-state index in [9.17, 15) is 0 Å². The zero-order valence-electron chi connectivity index (χ0n) is 27.2. The summed E-state index contributed by atoms with van der Waals surface area (Å²) < 4.78 is 16.3. The van der Waals surface area contributed by atoms with E-state index >= 15 is 0 Å². The summed E-state index contributed by atoms with van der Waals surface area (Å²) in [7, 11) is 1.68. The van der Waals surface area contributed by atoms with Crippen molar-refractivity contribution in [3.05, 3.63) is 126 Å². The Kier molecular flexibility index (Phi) is 7.36. The first-order valence-corrected chi connectivity index (χ1v) is 15.8. The number of ether oxygens (including phenoxy) is 2. The molecule has 4 aromatic carbocycles. The summed E-state index contributed by atoms with van der Waals surface area (Å²) in [5.74, 6) is 3.02. The van der Waals surface area contributed by atoms with Gasteiger partial charge < -0.3 is 9.47 Å². The van der Waals surface area contributed by atoms with Crippen molar-refractivity contribution in [3.63, 3.8) is 0 Å². The molecule has 0 bridgehead atoms. The molecule has 0 atom stereocenters. The van der Waals surface area contributed by atoms with Crippen LogP contribution in [0.25, 0.3) is 44.4 Å². The van der Waals surface area contributed by atoms with E-state index in [1.165, 1.54) is 10.9 Å². The van der Waals surface area contributed by atoms with Crippen LogP contribution >= 0.6 is 0 Å². The van der Waals surface area contributed by atoms with Crippen LogP contribution in [0.1, 0.15) is 44.1 Å². The van der Waals surface area contributed by atoms with E-state index in [-0.39, 0.29) is 5.41 Å². The normalized spacial score (nSPS) is 11.8. The first-order valence-electron chi connectivity index (χ1n) is 15.8. The van der Waals surface area contributed by atoms with Crippen LogP contribution in [0.4, 0.5) is 0 Å². The molecule has 0 saturated carbocycles. The van der Waals surface area contributed by atoms with Crippen LogP contribution in [0.2, 0.25) is 0 Å². The first kappa shape index (κ1) is 29.4. The van der Waals surface area contributed by atoms with Gasteiger partial charge in [-0.05, 0) is 79.3 Å². The van der Waals surface area contributed by atoms with Crippen LogP contribution < -0.4 is 9.47 Å². The van der Waals surface area contributed by atoms with Gasteiger partial charge in [-0.1, -0.05) is 63.2 Å². The van der Waals surface area contributed by atoms with Crippen LogP contribution in [0.3, 0.4) is 0 Å². The average molecular weight is 607 g/mol. The van der Waals surface area contributed by atoms with Gasteiger partial charge in [0.15, 0.2) is 0 Å². The van der Waals surface area contributed by atoms with Crippen molar-refractivity contribution in [2.24, 2.45) is 0 Å². The topological polar surface area (TPSA) is 54.1 Å². The fourth-order valence-corrected chi connectivity index (χ4v) is 6.32. The molecule has 46 heavy (non-hydrogen) atoms. The number of pyridine rings is 1. The summed E-state index contributed by atoms with van der Waals surface area (Å²) in [6.07, 6.45) is 2.84. The third-order valence-electron chi connectivity index (χ3n) is 9.24. The number of rotatable bonds is 8. The molecule has 0 spiro atoms. The lowest BCUT2D eigenvalue weighted by molar-refractivity contribution is 0.414. The molecule has 0 aliphatic heterocycles. The molecule has 7 rings (SSSR count). The predicted molar refractivity (Wildman–Crippen MR) is 187 cm³/mol. The van der Waals surface area contributed by atoms with Crippen LogP contribution in [0.5, 0.6) is 17.2 Å². The zero-order valence-corrected chi connectivity index (χ0v) is 27.2. The Morgan fingerprint density at radius 3 is 2.33 bits per heavy atom. The minimum absolute atomic E-state index is 0.0677. The van der Waals surface area contributed by atoms with E-state index in [0.717, 1.165) is 74.1 Å². The van der Waals surface area contributed by atoms with Gasteiger partial charge in [-0.3, -0.25) is 4.57 Å². The van der Waals surface area contributed by atoms with E-state index < -0.39 is 0 Å². The molecule has 0 radical (unpaired) electrons. The predicted octanol–water partition coefficient (Wildman–Crippen LogP) is 10.1. The molecule has 6 heteroatoms. The second-order valence-corrected chi connectivity index (χ2v) is 12.5. The molecule has 0 unspecified atom stereocenters. The lowest BCUT2D eigenvalue weighted by atomic mass is 9.82. The molecule has 0 fully saturated rings. The SMILES string of the molecule is CCC(C)(C)c1ccc2c(c1)c1ccc(Oc3cccc(-n4nc(C)c(-c5ccccc5)c4C)c3)cc1n2-c1cc(OC)ccn1. The molecule has 230 valence electrons. The Morgan fingerprint density at radius 2 is 1.54 bits per heavy atom. The molecular formula is C40H38N4O2. The summed E-state index contributed by atoms with van der Waals surface area (Å²) in [6.45, 7) is 11.0. The van der Waals surface area contributed by atoms with Crippen LogP contribution in [0, 0.1) is 13.8 Å². The van der Waals surface area contributed by atoms with Crippen LogP contribution in [0.15, 0.2) is 109 Å². The highest BCUT2D eigenvalue weighted by molar-refractivity contribution is 6.09. The third kappa shape index (κ3) is 5.10. The second-order valence-electron chi connectivity index (χ2n) is 12.5. The number of fused-ring (bicyclic) bond motifs is 3. The van der Waals surface area contributed by atoms with Crippen molar-refractivity contribution in [3.8, 4) is 39.9 Å². The van der Waals surface area contributed by atoms with Gasteiger partial charge in [0.1, 0.15) is 23.1 Å². The van der Waals surface area contributed by atoms with Gasteiger partial charge in [-0.25, -0.2) is 9.67 Å². The highest BCUT2D eigenvalue weighted by atomic mass is 16.5. The molecule has 0 aliphatic rings. The fraction of sp³-hybridized carbons (Fsp3) is 0.200. The van der Waals surface area contributed by atoms with Crippen molar-refractivity contribution in [2.45, 2.75) is 46.5 Å². The van der Waals surface area contributed by atoms with E-state index in [1.54, 1.807) is 13.3 Å². The van der Waals surface area contributed by atoms with Crippen LogP contribution in [-0.2, 0) is 5.41 Å². The Morgan fingerprint density at radius 1 is 0.739 bits per heavy atom. The monoisotopic (exact) mass is 606 g/mol.